The van der Waals surface area contributed by atoms with Gasteiger partial charge in [0.25, 0.3) is 0 Å². The summed E-state index contributed by atoms with van der Waals surface area (Å²) in [6.45, 7) is 2.20. The predicted octanol–water partition coefficient (Wildman–Crippen LogP) is 3.27. The first kappa shape index (κ1) is 13.7. The van der Waals surface area contributed by atoms with Crippen molar-refractivity contribution < 1.29 is 9.47 Å². The fourth-order valence-electron chi connectivity index (χ4n) is 1.97. The maximum Gasteiger partial charge on any atom is 0.231 e. The Labute approximate surface area is 134 Å². The van der Waals surface area contributed by atoms with Crippen LogP contribution >= 0.6 is 34.2 Å². The number of aromatic nitrogens is 2. The molecule has 2 aromatic rings. The molecule has 0 saturated heterocycles. The number of hydrogen-bond donors (Lipinski definition) is 1. The van der Waals surface area contributed by atoms with Gasteiger partial charge in [0.1, 0.15) is 5.82 Å². The standard InChI is InChI=1S/C13H11ClIN3O2/c1-2-8-10(15)12(16)18-13(17-8)6-3-7(14)11-9(4-6)19-5-20-11/h3-4H,2,5H2,1H3,(H2,16,17,18). The van der Waals surface area contributed by atoms with E-state index in [0.29, 0.717) is 28.2 Å². The lowest BCUT2D eigenvalue weighted by molar-refractivity contribution is 0.174. The highest BCUT2D eigenvalue weighted by atomic mass is 127. The van der Waals surface area contributed by atoms with Crippen LogP contribution in [0.5, 0.6) is 11.5 Å². The summed E-state index contributed by atoms with van der Waals surface area (Å²) in [5.74, 6) is 2.18. The molecule has 0 radical (unpaired) electrons. The molecule has 1 aliphatic heterocycles. The van der Waals surface area contributed by atoms with Gasteiger partial charge in [-0.15, -0.1) is 0 Å². The number of nitrogen functional groups attached to an aromatic ring is 1. The lowest BCUT2D eigenvalue weighted by Crippen LogP contribution is -2.04. The first-order valence-corrected chi connectivity index (χ1v) is 7.47. The number of rotatable bonds is 2. The van der Waals surface area contributed by atoms with Crippen LogP contribution in [0.25, 0.3) is 11.4 Å². The van der Waals surface area contributed by atoms with Crippen LogP contribution in [-0.4, -0.2) is 16.8 Å². The number of nitrogens with zero attached hydrogens (tertiary/aromatic N) is 2. The second-order valence-corrected chi connectivity index (χ2v) is 5.72. The molecular formula is C13H11ClIN3O2. The Morgan fingerprint density at radius 3 is 2.90 bits per heavy atom. The molecule has 0 amide bonds. The summed E-state index contributed by atoms with van der Waals surface area (Å²) in [6, 6.07) is 3.57. The van der Waals surface area contributed by atoms with Crippen LogP contribution in [0.1, 0.15) is 12.6 Å². The van der Waals surface area contributed by atoms with Crippen LogP contribution in [0.4, 0.5) is 5.82 Å². The molecule has 1 aromatic carbocycles. The average molecular weight is 404 g/mol. The fraction of sp³-hybridized carbons (Fsp3) is 0.231. The number of halogens is 2. The molecule has 2 heterocycles. The van der Waals surface area contributed by atoms with Crippen LogP contribution in [0.15, 0.2) is 12.1 Å². The van der Waals surface area contributed by atoms with Gasteiger partial charge in [-0.05, 0) is 41.1 Å². The third kappa shape index (κ3) is 2.26. The van der Waals surface area contributed by atoms with Crippen LogP contribution in [0.3, 0.4) is 0 Å². The Morgan fingerprint density at radius 2 is 2.15 bits per heavy atom. The number of hydrogen-bond acceptors (Lipinski definition) is 5. The summed E-state index contributed by atoms with van der Waals surface area (Å²) in [5, 5.41) is 0.480. The van der Waals surface area contributed by atoms with Crippen molar-refractivity contribution in [2.24, 2.45) is 0 Å². The Hall–Kier alpha value is -1.28. The minimum absolute atomic E-state index is 0.175. The molecule has 3 rings (SSSR count). The van der Waals surface area contributed by atoms with Crippen LogP contribution in [0.2, 0.25) is 5.02 Å². The summed E-state index contributed by atoms with van der Waals surface area (Å²) in [6.07, 6.45) is 0.788. The summed E-state index contributed by atoms with van der Waals surface area (Å²) in [7, 11) is 0. The predicted molar refractivity (Wildman–Crippen MR) is 85.1 cm³/mol. The molecule has 0 atom stereocenters. The minimum Gasteiger partial charge on any atom is -0.454 e. The van der Waals surface area contributed by atoms with Crippen molar-refractivity contribution in [3.05, 3.63) is 26.4 Å². The quantitative estimate of drug-likeness (QED) is 0.779. The van der Waals surface area contributed by atoms with E-state index in [1.54, 1.807) is 6.07 Å². The zero-order chi connectivity index (χ0) is 14.3. The SMILES string of the molecule is CCc1nc(-c2cc(Cl)c3c(c2)OCO3)nc(N)c1I. The zero-order valence-electron chi connectivity index (χ0n) is 10.6. The van der Waals surface area contributed by atoms with Crippen molar-refractivity contribution in [3.8, 4) is 22.9 Å². The zero-order valence-corrected chi connectivity index (χ0v) is 13.5. The minimum atomic E-state index is 0.175. The summed E-state index contributed by atoms with van der Waals surface area (Å²) in [5.41, 5.74) is 7.62. The summed E-state index contributed by atoms with van der Waals surface area (Å²) < 4.78 is 11.5. The Bertz CT molecular complexity index is 685. The molecule has 0 bridgehead atoms. The van der Waals surface area contributed by atoms with Gasteiger partial charge in [0.2, 0.25) is 6.79 Å². The van der Waals surface area contributed by atoms with Crippen molar-refractivity contribution >= 4 is 40.0 Å². The van der Waals surface area contributed by atoms with Gasteiger partial charge < -0.3 is 15.2 Å². The average Bonchev–Trinajstić information content (AvgIpc) is 2.90. The number of anilines is 1. The van der Waals surface area contributed by atoms with Crippen LogP contribution in [0, 0.1) is 3.57 Å². The molecule has 0 fully saturated rings. The maximum atomic E-state index is 6.18. The topological polar surface area (TPSA) is 70.3 Å². The summed E-state index contributed by atoms with van der Waals surface area (Å²) >= 11 is 8.33. The molecule has 20 heavy (non-hydrogen) atoms. The molecule has 0 aliphatic carbocycles. The lowest BCUT2D eigenvalue weighted by atomic mass is 10.1. The van der Waals surface area contributed by atoms with E-state index in [-0.39, 0.29) is 6.79 Å². The van der Waals surface area contributed by atoms with E-state index in [4.69, 9.17) is 26.8 Å². The fourth-order valence-corrected chi connectivity index (χ4v) is 2.86. The van der Waals surface area contributed by atoms with Gasteiger partial charge in [0.05, 0.1) is 14.3 Å². The molecule has 1 aromatic heterocycles. The molecule has 1 aliphatic rings. The number of benzene rings is 1. The van der Waals surface area contributed by atoms with E-state index < -0.39 is 0 Å². The number of fused-ring (bicyclic) bond motifs is 1. The van der Waals surface area contributed by atoms with E-state index in [2.05, 4.69) is 32.6 Å². The molecule has 0 unspecified atom stereocenters. The van der Waals surface area contributed by atoms with Crippen LogP contribution in [-0.2, 0) is 6.42 Å². The molecule has 2 N–H and O–H groups in total. The van der Waals surface area contributed by atoms with Gasteiger partial charge >= 0.3 is 0 Å². The normalized spacial score (nSPS) is 12.8. The Kier molecular flexibility index (Phi) is 3.59. The van der Waals surface area contributed by atoms with E-state index >= 15 is 0 Å². The largest absolute Gasteiger partial charge is 0.454 e. The second kappa shape index (κ2) is 5.25. The van der Waals surface area contributed by atoms with Gasteiger partial charge in [-0.1, -0.05) is 18.5 Å². The Balaban J connectivity index is 2.14. The van der Waals surface area contributed by atoms with Crippen molar-refractivity contribution in [2.45, 2.75) is 13.3 Å². The molecule has 0 saturated carbocycles. The number of ether oxygens (including phenoxy) is 2. The smallest absolute Gasteiger partial charge is 0.231 e. The highest BCUT2D eigenvalue weighted by Crippen LogP contribution is 2.42. The molecule has 104 valence electrons. The summed E-state index contributed by atoms with van der Waals surface area (Å²) in [4.78, 5) is 8.86. The first-order valence-electron chi connectivity index (χ1n) is 6.01. The third-order valence-corrected chi connectivity index (χ3v) is 4.42. The van der Waals surface area contributed by atoms with E-state index in [1.165, 1.54) is 0 Å². The van der Waals surface area contributed by atoms with Gasteiger partial charge in [-0.25, -0.2) is 9.97 Å². The van der Waals surface area contributed by atoms with Crippen LogP contribution < -0.4 is 15.2 Å². The van der Waals surface area contributed by atoms with Crippen molar-refractivity contribution in [1.82, 2.24) is 9.97 Å². The maximum absolute atomic E-state index is 6.18. The first-order chi connectivity index (χ1) is 9.60. The van der Waals surface area contributed by atoms with E-state index in [0.717, 1.165) is 21.2 Å². The van der Waals surface area contributed by atoms with Crippen molar-refractivity contribution in [2.75, 3.05) is 12.5 Å². The second-order valence-electron chi connectivity index (χ2n) is 4.24. The van der Waals surface area contributed by atoms with Crippen molar-refractivity contribution in [1.29, 1.82) is 0 Å². The molecule has 7 heteroatoms. The Morgan fingerprint density at radius 1 is 1.35 bits per heavy atom. The highest BCUT2D eigenvalue weighted by Gasteiger charge is 2.20. The molecule has 0 spiro atoms. The van der Waals surface area contributed by atoms with Gasteiger partial charge in [-0.3, -0.25) is 0 Å². The molecule has 5 nitrogen and oxygen atoms in total. The van der Waals surface area contributed by atoms with Crippen molar-refractivity contribution in [3.63, 3.8) is 0 Å². The third-order valence-electron chi connectivity index (χ3n) is 2.97. The highest BCUT2D eigenvalue weighted by molar-refractivity contribution is 14.1. The lowest BCUT2D eigenvalue weighted by Gasteiger charge is -2.09. The monoisotopic (exact) mass is 403 g/mol. The van der Waals surface area contributed by atoms with Gasteiger partial charge in [-0.2, -0.15) is 0 Å². The van der Waals surface area contributed by atoms with E-state index in [1.807, 2.05) is 13.0 Å². The van der Waals surface area contributed by atoms with Gasteiger partial charge in [0, 0.05) is 5.56 Å². The van der Waals surface area contributed by atoms with Gasteiger partial charge in [0.15, 0.2) is 17.3 Å². The number of aryl methyl sites for hydroxylation is 1. The molecular weight excluding hydrogens is 393 g/mol. The number of nitrogens with two attached hydrogens (primary N) is 1. The van der Waals surface area contributed by atoms with E-state index in [9.17, 15) is 0 Å².